The zero-order chi connectivity index (χ0) is 21.1. The molecule has 0 spiro atoms. The molecule has 0 radical (unpaired) electrons. The molecule has 30 heavy (non-hydrogen) atoms. The van der Waals surface area contributed by atoms with Gasteiger partial charge in [-0.05, 0) is 37.1 Å². The number of fused-ring (bicyclic) bond motifs is 1. The molecule has 3 aromatic rings. The Hall–Kier alpha value is -3.04. The summed E-state index contributed by atoms with van der Waals surface area (Å²) in [5, 5.41) is 10.5. The van der Waals surface area contributed by atoms with Gasteiger partial charge in [-0.25, -0.2) is 13.4 Å². The van der Waals surface area contributed by atoms with Crippen molar-refractivity contribution >= 4 is 15.8 Å². The molecule has 0 amide bonds. The van der Waals surface area contributed by atoms with Crippen molar-refractivity contribution in [3.63, 3.8) is 0 Å². The van der Waals surface area contributed by atoms with E-state index in [0.29, 0.717) is 42.4 Å². The van der Waals surface area contributed by atoms with Crippen LogP contribution < -0.4 is 4.90 Å². The van der Waals surface area contributed by atoms with Crippen LogP contribution >= 0.6 is 0 Å². The predicted molar refractivity (Wildman–Crippen MR) is 114 cm³/mol. The number of aromatic hydroxyl groups is 1. The van der Waals surface area contributed by atoms with Crippen molar-refractivity contribution < 1.29 is 13.5 Å². The van der Waals surface area contributed by atoms with Crippen LogP contribution in [0.25, 0.3) is 11.5 Å². The first-order valence-electron chi connectivity index (χ1n) is 9.74. The van der Waals surface area contributed by atoms with Crippen LogP contribution in [0.5, 0.6) is 5.88 Å². The number of aromatic nitrogens is 3. The van der Waals surface area contributed by atoms with Crippen molar-refractivity contribution in [2.24, 2.45) is 0 Å². The molecule has 0 atom stereocenters. The number of pyridine rings is 1. The molecule has 2 aromatic heterocycles. The number of rotatable bonds is 6. The standard InChI is InChI=1S/C21H23N5O3S/c1-25(30(28,29)16-8-3-2-4-9-16)14-15-26-13-7-10-17-20(26)23-19(24-21(17)27)18-11-5-6-12-22-18/h2-6,8-9,11-12H,7,10,13-15H2,1H3,(H,23,24,27). The summed E-state index contributed by atoms with van der Waals surface area (Å²) in [6, 6.07) is 13.8. The number of likely N-dealkylation sites (N-methyl/N-ethyl adjacent to an activating group) is 1. The van der Waals surface area contributed by atoms with Gasteiger partial charge in [0.05, 0.1) is 10.5 Å². The maximum atomic E-state index is 12.8. The fraction of sp³-hybridized carbons (Fsp3) is 0.286. The van der Waals surface area contributed by atoms with E-state index in [2.05, 4.69) is 15.0 Å². The van der Waals surface area contributed by atoms with Gasteiger partial charge in [0, 0.05) is 32.9 Å². The zero-order valence-corrected chi connectivity index (χ0v) is 17.5. The summed E-state index contributed by atoms with van der Waals surface area (Å²) in [5.41, 5.74) is 1.26. The zero-order valence-electron chi connectivity index (χ0n) is 16.6. The molecule has 0 bridgehead atoms. The Morgan fingerprint density at radius 2 is 1.87 bits per heavy atom. The maximum absolute atomic E-state index is 12.8. The summed E-state index contributed by atoms with van der Waals surface area (Å²) >= 11 is 0. The molecule has 1 aliphatic rings. The Kier molecular flexibility index (Phi) is 5.65. The normalized spacial score (nSPS) is 14.0. The highest BCUT2D eigenvalue weighted by Gasteiger charge is 2.26. The minimum absolute atomic E-state index is 0.0457. The van der Waals surface area contributed by atoms with Crippen LogP contribution in [-0.4, -0.2) is 59.5 Å². The van der Waals surface area contributed by atoms with Crippen molar-refractivity contribution in [1.29, 1.82) is 0 Å². The Morgan fingerprint density at radius 1 is 1.10 bits per heavy atom. The monoisotopic (exact) mass is 425 g/mol. The van der Waals surface area contributed by atoms with E-state index in [9.17, 15) is 13.5 Å². The van der Waals surface area contributed by atoms with E-state index in [1.54, 1.807) is 55.7 Å². The second kappa shape index (κ2) is 8.37. The van der Waals surface area contributed by atoms with Gasteiger partial charge >= 0.3 is 0 Å². The number of benzene rings is 1. The highest BCUT2D eigenvalue weighted by atomic mass is 32.2. The highest BCUT2D eigenvalue weighted by molar-refractivity contribution is 7.89. The Labute approximate surface area is 175 Å². The number of anilines is 1. The van der Waals surface area contributed by atoms with Crippen molar-refractivity contribution in [2.45, 2.75) is 17.7 Å². The Bertz CT molecular complexity index is 1120. The molecule has 4 rings (SSSR count). The summed E-state index contributed by atoms with van der Waals surface area (Å²) in [6.07, 6.45) is 3.16. The second-order valence-electron chi connectivity index (χ2n) is 7.12. The van der Waals surface area contributed by atoms with E-state index < -0.39 is 10.0 Å². The molecule has 0 saturated heterocycles. The van der Waals surface area contributed by atoms with Crippen LogP contribution in [0.15, 0.2) is 59.6 Å². The minimum Gasteiger partial charge on any atom is -0.493 e. The third kappa shape index (κ3) is 3.99. The van der Waals surface area contributed by atoms with Crippen LogP contribution in [-0.2, 0) is 16.4 Å². The number of sulfonamides is 1. The van der Waals surface area contributed by atoms with E-state index in [4.69, 9.17) is 0 Å². The molecule has 0 aliphatic carbocycles. The summed E-state index contributed by atoms with van der Waals surface area (Å²) in [6.45, 7) is 1.47. The van der Waals surface area contributed by atoms with Gasteiger partial charge in [-0.3, -0.25) is 4.98 Å². The largest absolute Gasteiger partial charge is 0.493 e. The van der Waals surface area contributed by atoms with Gasteiger partial charge in [-0.2, -0.15) is 9.29 Å². The molecule has 1 N–H and O–H groups in total. The van der Waals surface area contributed by atoms with Crippen LogP contribution in [0.3, 0.4) is 0 Å². The van der Waals surface area contributed by atoms with E-state index >= 15 is 0 Å². The molecule has 0 unspecified atom stereocenters. The summed E-state index contributed by atoms with van der Waals surface area (Å²) in [7, 11) is -1.99. The summed E-state index contributed by atoms with van der Waals surface area (Å²) in [5.74, 6) is 0.944. The maximum Gasteiger partial charge on any atom is 0.242 e. The van der Waals surface area contributed by atoms with Gasteiger partial charge in [0.25, 0.3) is 0 Å². The molecule has 1 aliphatic heterocycles. The quantitative estimate of drug-likeness (QED) is 0.647. The first-order chi connectivity index (χ1) is 14.5. The molecule has 8 nitrogen and oxygen atoms in total. The molecular formula is C21H23N5O3S. The second-order valence-corrected chi connectivity index (χ2v) is 9.16. The van der Waals surface area contributed by atoms with Gasteiger partial charge in [0.1, 0.15) is 11.5 Å². The summed E-state index contributed by atoms with van der Waals surface area (Å²) in [4.78, 5) is 15.4. The molecule has 156 valence electrons. The SMILES string of the molecule is CN(CCN1CCCc2c(O)nc(-c3ccccn3)nc21)S(=O)(=O)c1ccccc1. The lowest BCUT2D eigenvalue weighted by Gasteiger charge is -2.31. The lowest BCUT2D eigenvalue weighted by molar-refractivity contribution is 0.437. The highest BCUT2D eigenvalue weighted by Crippen LogP contribution is 2.32. The molecular weight excluding hydrogens is 402 g/mol. The summed E-state index contributed by atoms with van der Waals surface area (Å²) < 4.78 is 26.9. The van der Waals surface area contributed by atoms with Gasteiger partial charge < -0.3 is 10.0 Å². The molecule has 0 saturated carbocycles. The van der Waals surface area contributed by atoms with Gasteiger partial charge in [0.15, 0.2) is 5.82 Å². The third-order valence-corrected chi connectivity index (χ3v) is 7.02. The lowest BCUT2D eigenvalue weighted by Crippen LogP contribution is -2.39. The van der Waals surface area contributed by atoms with Gasteiger partial charge in [-0.15, -0.1) is 0 Å². The van der Waals surface area contributed by atoms with Crippen molar-refractivity contribution in [1.82, 2.24) is 19.3 Å². The fourth-order valence-electron chi connectivity index (χ4n) is 3.48. The smallest absolute Gasteiger partial charge is 0.242 e. The van der Waals surface area contributed by atoms with Gasteiger partial charge in [-0.1, -0.05) is 24.3 Å². The number of nitrogens with zero attached hydrogens (tertiary/aromatic N) is 5. The number of hydrogen-bond donors (Lipinski definition) is 1. The van der Waals surface area contributed by atoms with E-state index in [1.165, 1.54) is 4.31 Å². The first kappa shape index (κ1) is 20.2. The fourth-order valence-corrected chi connectivity index (χ4v) is 4.66. The topological polar surface area (TPSA) is 99.5 Å². The average Bonchev–Trinajstić information content (AvgIpc) is 2.78. The van der Waals surface area contributed by atoms with Gasteiger partial charge in [0.2, 0.25) is 15.9 Å². The van der Waals surface area contributed by atoms with Crippen LogP contribution in [0, 0.1) is 0 Å². The van der Waals surface area contributed by atoms with Crippen LogP contribution in [0.1, 0.15) is 12.0 Å². The Morgan fingerprint density at radius 3 is 2.60 bits per heavy atom. The van der Waals surface area contributed by atoms with Crippen LogP contribution in [0.2, 0.25) is 0 Å². The molecule has 9 heteroatoms. The molecule has 0 fully saturated rings. The Balaban J connectivity index is 1.57. The molecule has 1 aromatic carbocycles. The average molecular weight is 426 g/mol. The predicted octanol–water partition coefficient (Wildman–Crippen LogP) is 2.32. The van der Waals surface area contributed by atoms with E-state index in [-0.39, 0.29) is 10.8 Å². The minimum atomic E-state index is -3.56. The van der Waals surface area contributed by atoms with E-state index in [1.807, 2.05) is 11.0 Å². The lowest BCUT2D eigenvalue weighted by atomic mass is 10.1. The third-order valence-electron chi connectivity index (χ3n) is 5.15. The van der Waals surface area contributed by atoms with Crippen LogP contribution in [0.4, 0.5) is 5.82 Å². The molecule has 3 heterocycles. The van der Waals surface area contributed by atoms with Crippen molar-refractivity contribution in [3.05, 3.63) is 60.3 Å². The first-order valence-corrected chi connectivity index (χ1v) is 11.2. The van der Waals surface area contributed by atoms with E-state index in [0.717, 1.165) is 13.0 Å². The van der Waals surface area contributed by atoms with Crippen molar-refractivity contribution in [2.75, 3.05) is 31.6 Å². The van der Waals surface area contributed by atoms with Crippen molar-refractivity contribution in [3.8, 4) is 17.4 Å². The number of hydrogen-bond acceptors (Lipinski definition) is 7.